The summed E-state index contributed by atoms with van der Waals surface area (Å²) < 4.78 is 4.37. The average Bonchev–Trinajstić information content (AvgIpc) is 3.04. The van der Waals surface area contributed by atoms with E-state index in [1.165, 1.54) is 11.8 Å². The Hall–Kier alpha value is -1.53. The van der Waals surface area contributed by atoms with E-state index in [1.807, 2.05) is 24.3 Å². The first-order valence-corrected chi connectivity index (χ1v) is 8.30. The topological polar surface area (TPSA) is 58.6 Å². The zero-order valence-electron chi connectivity index (χ0n) is 12.8. The maximum Gasteiger partial charge on any atom is 0.252 e. The van der Waals surface area contributed by atoms with Gasteiger partial charge in [-0.1, -0.05) is 23.9 Å². The van der Waals surface area contributed by atoms with E-state index >= 15 is 0 Å². The van der Waals surface area contributed by atoms with Gasteiger partial charge in [-0.15, -0.1) is 0 Å². The number of carbonyl (C=O) groups excluding carboxylic acids is 2. The first-order chi connectivity index (χ1) is 10.5. The summed E-state index contributed by atoms with van der Waals surface area (Å²) in [6, 6.07) is 7.64. The van der Waals surface area contributed by atoms with Crippen LogP contribution >= 0.6 is 11.8 Å². The second kappa shape index (κ2) is 5.93. The lowest BCUT2D eigenvalue weighted by molar-refractivity contribution is -0.131. The molecule has 2 heterocycles. The van der Waals surface area contributed by atoms with Crippen LogP contribution in [-0.2, 0) is 14.3 Å². The normalized spacial score (nSPS) is 27.6. The van der Waals surface area contributed by atoms with Gasteiger partial charge >= 0.3 is 0 Å². The Balaban J connectivity index is 1.76. The molecule has 22 heavy (non-hydrogen) atoms. The number of hydrogen-bond acceptors (Lipinski definition) is 4. The number of fused-ring (bicyclic) bond motifs is 1. The van der Waals surface area contributed by atoms with Gasteiger partial charge < -0.3 is 15.0 Å². The molecule has 5 nitrogen and oxygen atoms in total. The van der Waals surface area contributed by atoms with E-state index in [1.54, 1.807) is 18.9 Å². The summed E-state index contributed by atoms with van der Waals surface area (Å²) in [6.45, 7) is 2.91. The van der Waals surface area contributed by atoms with Crippen LogP contribution in [0, 0.1) is 0 Å². The first-order valence-electron chi connectivity index (χ1n) is 7.48. The van der Waals surface area contributed by atoms with Gasteiger partial charge in [0.15, 0.2) is 4.75 Å². The molecule has 2 aliphatic rings. The molecule has 1 N–H and O–H groups in total. The quantitative estimate of drug-likeness (QED) is 0.863. The van der Waals surface area contributed by atoms with E-state index in [9.17, 15) is 9.59 Å². The van der Waals surface area contributed by atoms with Crippen LogP contribution in [0.2, 0.25) is 0 Å². The third kappa shape index (κ3) is 2.61. The molecule has 3 rings (SSSR count). The van der Waals surface area contributed by atoms with Gasteiger partial charge in [0.25, 0.3) is 5.91 Å². The number of para-hydroxylation sites is 1. The number of nitrogens with one attached hydrogen (secondary N) is 1. The Morgan fingerprint density at radius 3 is 3.00 bits per heavy atom. The molecule has 2 atom stereocenters. The molecule has 0 aromatic heterocycles. The van der Waals surface area contributed by atoms with Crippen LogP contribution in [0.3, 0.4) is 0 Å². The summed E-state index contributed by atoms with van der Waals surface area (Å²) in [5, 5.41) is 2.88. The Bertz CT molecular complexity index is 601. The van der Waals surface area contributed by atoms with Crippen LogP contribution in [0.25, 0.3) is 0 Å². The lowest BCUT2D eigenvalue weighted by atomic mass is 10.1. The second-order valence-electron chi connectivity index (χ2n) is 5.81. The van der Waals surface area contributed by atoms with Crippen molar-refractivity contribution >= 4 is 29.3 Å². The fourth-order valence-corrected chi connectivity index (χ4v) is 4.12. The minimum absolute atomic E-state index is 0.0706. The van der Waals surface area contributed by atoms with Crippen molar-refractivity contribution in [3.63, 3.8) is 0 Å². The summed E-state index contributed by atoms with van der Waals surface area (Å²) >= 11 is 1.32. The molecule has 1 saturated heterocycles. The van der Waals surface area contributed by atoms with Crippen molar-refractivity contribution < 1.29 is 14.3 Å². The van der Waals surface area contributed by atoms with E-state index in [0.717, 1.165) is 30.0 Å². The van der Waals surface area contributed by atoms with Crippen molar-refractivity contribution in [1.29, 1.82) is 0 Å². The predicted octanol–water partition coefficient (Wildman–Crippen LogP) is 1.81. The predicted molar refractivity (Wildman–Crippen MR) is 86.1 cm³/mol. The van der Waals surface area contributed by atoms with Gasteiger partial charge in [0.1, 0.15) is 0 Å². The molecule has 2 aliphatic heterocycles. The van der Waals surface area contributed by atoms with Gasteiger partial charge in [0.2, 0.25) is 5.91 Å². The second-order valence-corrected chi connectivity index (χ2v) is 7.27. The van der Waals surface area contributed by atoms with Crippen molar-refractivity contribution in [1.82, 2.24) is 5.32 Å². The smallest absolute Gasteiger partial charge is 0.252 e. The van der Waals surface area contributed by atoms with Crippen molar-refractivity contribution in [3.8, 4) is 0 Å². The van der Waals surface area contributed by atoms with Crippen molar-refractivity contribution in [2.75, 3.05) is 25.1 Å². The zero-order chi connectivity index (χ0) is 15.7. The molecule has 118 valence electrons. The van der Waals surface area contributed by atoms with Gasteiger partial charge in [-0.2, -0.15) is 0 Å². The fraction of sp³-hybridized carbons (Fsp3) is 0.500. The molecule has 6 heteroatoms. The highest BCUT2D eigenvalue weighted by atomic mass is 32.2. The van der Waals surface area contributed by atoms with Crippen LogP contribution in [0.5, 0.6) is 0 Å². The van der Waals surface area contributed by atoms with Crippen LogP contribution in [0.1, 0.15) is 19.8 Å². The highest BCUT2D eigenvalue weighted by Crippen LogP contribution is 2.44. The lowest BCUT2D eigenvalue weighted by Crippen LogP contribution is -2.56. The lowest BCUT2D eigenvalue weighted by Gasteiger charge is -2.37. The third-order valence-corrected chi connectivity index (χ3v) is 5.53. The van der Waals surface area contributed by atoms with Crippen molar-refractivity contribution in [2.24, 2.45) is 0 Å². The first kappa shape index (κ1) is 15.4. The maximum atomic E-state index is 12.7. The molecular weight excluding hydrogens is 300 g/mol. The van der Waals surface area contributed by atoms with Gasteiger partial charge in [-0.25, -0.2) is 0 Å². The Morgan fingerprint density at radius 2 is 2.27 bits per heavy atom. The third-order valence-electron chi connectivity index (χ3n) is 4.20. The van der Waals surface area contributed by atoms with Gasteiger partial charge in [-0.05, 0) is 31.9 Å². The number of nitrogens with zero attached hydrogens (tertiary/aromatic N) is 1. The number of anilines is 1. The minimum Gasteiger partial charge on any atom is -0.376 e. The standard InChI is InChI=1S/C16H20N2O3S/c1-16(14(19)17-10-11-6-5-9-21-11)15(20)18(2)12-7-3-4-8-13(12)22-16/h3-4,7-8,11H,5-6,9-10H2,1-2H3,(H,17,19)/t11-,16+/m1/s1. The van der Waals surface area contributed by atoms with E-state index in [-0.39, 0.29) is 17.9 Å². The molecule has 0 saturated carbocycles. The Morgan fingerprint density at radius 1 is 1.50 bits per heavy atom. The van der Waals surface area contributed by atoms with Crippen LogP contribution < -0.4 is 10.2 Å². The molecule has 0 spiro atoms. The van der Waals surface area contributed by atoms with E-state index < -0.39 is 4.75 Å². The molecule has 1 aromatic rings. The number of thioether (sulfide) groups is 1. The number of amides is 2. The van der Waals surface area contributed by atoms with Gasteiger partial charge in [0.05, 0.1) is 11.8 Å². The van der Waals surface area contributed by atoms with Gasteiger partial charge in [0, 0.05) is 25.1 Å². The summed E-state index contributed by atoms with van der Waals surface area (Å²) in [4.78, 5) is 27.8. The number of benzene rings is 1. The van der Waals surface area contributed by atoms with Crippen LogP contribution in [0.4, 0.5) is 5.69 Å². The van der Waals surface area contributed by atoms with Crippen LogP contribution in [0.15, 0.2) is 29.2 Å². The van der Waals surface area contributed by atoms with Crippen LogP contribution in [-0.4, -0.2) is 42.9 Å². The number of hydrogen-bond donors (Lipinski definition) is 1. The van der Waals surface area contributed by atoms with E-state index in [0.29, 0.717) is 6.54 Å². The largest absolute Gasteiger partial charge is 0.376 e. The number of ether oxygens (including phenoxy) is 1. The molecule has 0 aliphatic carbocycles. The minimum atomic E-state index is -1.14. The molecule has 0 unspecified atom stereocenters. The molecule has 2 amide bonds. The molecule has 0 bridgehead atoms. The molecule has 0 radical (unpaired) electrons. The summed E-state index contributed by atoms with van der Waals surface area (Å²) in [5.74, 6) is -0.444. The molecule has 1 aromatic carbocycles. The molecule has 1 fully saturated rings. The average molecular weight is 320 g/mol. The highest BCUT2D eigenvalue weighted by Gasteiger charge is 2.48. The van der Waals surface area contributed by atoms with E-state index in [4.69, 9.17) is 4.74 Å². The summed E-state index contributed by atoms with van der Waals surface area (Å²) in [6.07, 6.45) is 2.06. The number of rotatable bonds is 3. The maximum absolute atomic E-state index is 12.7. The van der Waals surface area contributed by atoms with E-state index in [2.05, 4.69) is 5.32 Å². The Kier molecular flexibility index (Phi) is 4.14. The Labute approximate surface area is 134 Å². The molecular formula is C16H20N2O3S. The monoisotopic (exact) mass is 320 g/mol. The number of carbonyl (C=O) groups is 2. The zero-order valence-corrected chi connectivity index (χ0v) is 13.6. The fourth-order valence-electron chi connectivity index (χ4n) is 2.84. The van der Waals surface area contributed by atoms with Gasteiger partial charge in [-0.3, -0.25) is 9.59 Å². The highest BCUT2D eigenvalue weighted by molar-refractivity contribution is 8.02. The summed E-state index contributed by atoms with van der Waals surface area (Å²) in [7, 11) is 1.71. The summed E-state index contributed by atoms with van der Waals surface area (Å²) in [5.41, 5.74) is 0.849. The van der Waals surface area contributed by atoms with Crippen molar-refractivity contribution in [2.45, 2.75) is 35.5 Å². The van der Waals surface area contributed by atoms with Crippen molar-refractivity contribution in [3.05, 3.63) is 24.3 Å². The SMILES string of the molecule is CN1C(=O)[C@](C)(C(=O)NC[C@H]2CCCO2)Sc2ccccc21.